The summed E-state index contributed by atoms with van der Waals surface area (Å²) in [5, 5.41) is 0. The molecule has 0 saturated carbocycles. The second-order valence-corrected chi connectivity index (χ2v) is 6.23. The van der Waals surface area contributed by atoms with Gasteiger partial charge in [-0.15, -0.1) is 24.0 Å². The van der Waals surface area contributed by atoms with Gasteiger partial charge in [0.15, 0.2) is 0 Å². The largest absolute Gasteiger partial charge is 0.428 e. The Balaban J connectivity index is 0.00000261. The number of hydrogen-bond acceptors (Lipinski definition) is 3. The van der Waals surface area contributed by atoms with Crippen LogP contribution in [0.3, 0.4) is 0 Å². The highest BCUT2D eigenvalue weighted by atomic mass is 35.5. The Morgan fingerprint density at radius 2 is 1.41 bits per heavy atom. The van der Waals surface area contributed by atoms with Gasteiger partial charge in [0.2, 0.25) is 0 Å². The highest BCUT2D eigenvalue weighted by Gasteiger charge is 2.12. The van der Waals surface area contributed by atoms with Crippen molar-refractivity contribution in [2.24, 2.45) is 0 Å². The first-order valence-electron chi connectivity index (χ1n) is 8.42. The first-order chi connectivity index (χ1) is 12.8. The fourth-order valence-electron chi connectivity index (χ4n) is 2.88. The minimum absolute atomic E-state index is 0. The van der Waals surface area contributed by atoms with E-state index in [1.807, 2.05) is 48.5 Å². The summed E-state index contributed by atoms with van der Waals surface area (Å²) in [6, 6.07) is 26.4. The summed E-state index contributed by atoms with van der Waals surface area (Å²) in [5.41, 5.74) is 4.28. The van der Waals surface area contributed by atoms with Crippen LogP contribution in [0.5, 0.6) is 5.75 Å². The number of rotatable bonds is 8. The normalized spacial score (nSPS) is 9.96. The van der Waals surface area contributed by atoms with Gasteiger partial charge in [-0.1, -0.05) is 60.7 Å². The van der Waals surface area contributed by atoms with Crippen molar-refractivity contribution >= 4 is 36.2 Å². The fraction of sp³-hybridized carbons (Fsp3) is 0.136. The molecule has 0 atom stereocenters. The van der Waals surface area contributed by atoms with Crippen LogP contribution in [0.15, 0.2) is 78.9 Å². The summed E-state index contributed by atoms with van der Waals surface area (Å²) in [6.07, 6.45) is 0. The predicted molar refractivity (Wildman–Crippen MR) is 113 cm³/mol. The average Bonchev–Trinajstić information content (AvgIpc) is 2.69. The maximum absolute atomic E-state index is 10.7. The minimum atomic E-state index is 0. The fourth-order valence-corrected chi connectivity index (χ4v) is 3.09. The summed E-state index contributed by atoms with van der Waals surface area (Å²) < 4.78 is 5.02. The number of carbonyl (C=O) groups is 1. The third kappa shape index (κ3) is 5.75. The molecular formula is C22H21Cl2NO2. The van der Waals surface area contributed by atoms with Gasteiger partial charge in [-0.05, 0) is 29.3 Å². The molecule has 3 aromatic carbocycles. The summed E-state index contributed by atoms with van der Waals surface area (Å²) in [6.45, 7) is 1.97. The molecule has 0 saturated heterocycles. The summed E-state index contributed by atoms with van der Waals surface area (Å²) >= 11 is 6.05. The number of halogens is 2. The number of carbonyl (C=O) groups excluding carboxylic acids is 1. The number of benzene rings is 3. The lowest BCUT2D eigenvalue weighted by Gasteiger charge is -2.26. The molecule has 0 spiro atoms. The molecule has 0 aliphatic rings. The van der Waals surface area contributed by atoms with E-state index in [1.54, 1.807) is 6.07 Å². The van der Waals surface area contributed by atoms with Crippen LogP contribution in [0, 0.1) is 0 Å². The lowest BCUT2D eigenvalue weighted by Crippen LogP contribution is -2.22. The molecule has 3 rings (SSSR count). The molecule has 0 aliphatic carbocycles. The predicted octanol–water partition coefficient (Wildman–Crippen LogP) is 5.59. The van der Waals surface area contributed by atoms with Crippen molar-refractivity contribution in [2.45, 2.75) is 19.0 Å². The van der Waals surface area contributed by atoms with Crippen molar-refractivity contribution in [3.8, 4) is 5.75 Å². The Labute approximate surface area is 170 Å². The Bertz CT molecular complexity index is 800. The molecule has 0 fully saturated rings. The monoisotopic (exact) mass is 401 g/mol. The van der Waals surface area contributed by atoms with E-state index in [0.29, 0.717) is 12.2 Å². The number of anilines is 1. The SMILES string of the molecule is Cl.O=COc1ccc(N(Cc2ccccc2)Cc2ccccc2)cc1CCl. The van der Waals surface area contributed by atoms with Gasteiger partial charge in [0.05, 0.1) is 5.88 Å². The van der Waals surface area contributed by atoms with Crippen LogP contribution in [-0.4, -0.2) is 6.47 Å². The van der Waals surface area contributed by atoms with Gasteiger partial charge < -0.3 is 9.64 Å². The smallest absolute Gasteiger partial charge is 0.298 e. The van der Waals surface area contributed by atoms with Gasteiger partial charge in [0.25, 0.3) is 6.47 Å². The topological polar surface area (TPSA) is 29.5 Å². The molecule has 0 aliphatic heterocycles. The molecule has 0 N–H and O–H groups in total. The average molecular weight is 402 g/mol. The molecule has 3 nitrogen and oxygen atoms in total. The molecule has 3 aromatic rings. The van der Waals surface area contributed by atoms with Crippen molar-refractivity contribution in [3.63, 3.8) is 0 Å². The zero-order chi connectivity index (χ0) is 18.2. The van der Waals surface area contributed by atoms with Gasteiger partial charge in [0, 0.05) is 24.3 Å². The van der Waals surface area contributed by atoms with E-state index in [4.69, 9.17) is 16.3 Å². The molecule has 27 heavy (non-hydrogen) atoms. The third-order valence-corrected chi connectivity index (χ3v) is 4.45. The van der Waals surface area contributed by atoms with Crippen molar-refractivity contribution in [1.29, 1.82) is 0 Å². The van der Waals surface area contributed by atoms with Crippen molar-refractivity contribution < 1.29 is 9.53 Å². The Kier molecular flexibility index (Phi) is 8.18. The van der Waals surface area contributed by atoms with E-state index in [9.17, 15) is 4.79 Å². The molecule has 5 heteroatoms. The molecular weight excluding hydrogens is 381 g/mol. The van der Waals surface area contributed by atoms with Crippen molar-refractivity contribution in [3.05, 3.63) is 95.6 Å². The van der Waals surface area contributed by atoms with Gasteiger partial charge in [-0.2, -0.15) is 0 Å². The van der Waals surface area contributed by atoms with Gasteiger partial charge >= 0.3 is 0 Å². The number of hydrogen-bond donors (Lipinski definition) is 0. The third-order valence-electron chi connectivity index (χ3n) is 4.16. The van der Waals surface area contributed by atoms with E-state index in [-0.39, 0.29) is 18.3 Å². The quantitative estimate of drug-likeness (QED) is 0.363. The van der Waals surface area contributed by atoms with E-state index in [1.165, 1.54) is 11.1 Å². The maximum Gasteiger partial charge on any atom is 0.298 e. The lowest BCUT2D eigenvalue weighted by atomic mass is 10.1. The molecule has 0 aromatic heterocycles. The van der Waals surface area contributed by atoms with Crippen LogP contribution in [0.2, 0.25) is 0 Å². The Morgan fingerprint density at radius 3 is 1.89 bits per heavy atom. The second kappa shape index (κ2) is 10.6. The van der Waals surface area contributed by atoms with Crippen LogP contribution in [-0.2, 0) is 23.8 Å². The van der Waals surface area contributed by atoms with Crippen LogP contribution >= 0.6 is 24.0 Å². The molecule has 0 heterocycles. The summed E-state index contributed by atoms with van der Waals surface area (Å²) in [4.78, 5) is 13.0. The number of alkyl halides is 1. The first kappa shape index (κ1) is 20.8. The number of nitrogens with zero attached hydrogens (tertiary/aromatic N) is 1. The number of ether oxygens (including phenoxy) is 1. The Morgan fingerprint density at radius 1 is 0.852 bits per heavy atom. The van der Waals surface area contributed by atoms with Crippen LogP contribution < -0.4 is 9.64 Å². The first-order valence-corrected chi connectivity index (χ1v) is 8.95. The van der Waals surface area contributed by atoms with Crippen LogP contribution in [0.4, 0.5) is 5.69 Å². The molecule has 0 amide bonds. The highest BCUT2D eigenvalue weighted by molar-refractivity contribution is 6.17. The second-order valence-electron chi connectivity index (χ2n) is 5.97. The summed E-state index contributed by atoms with van der Waals surface area (Å²) in [5.74, 6) is 0.778. The minimum Gasteiger partial charge on any atom is -0.428 e. The standard InChI is InChI=1S/C22H20ClNO2.ClH/c23-14-20-13-21(11-12-22(20)26-17-25)24(15-18-7-3-1-4-8-18)16-19-9-5-2-6-10-19;/h1-13,17H,14-16H2;1H. The maximum atomic E-state index is 10.7. The van der Waals surface area contributed by atoms with Gasteiger partial charge in [-0.25, -0.2) is 0 Å². The zero-order valence-corrected chi connectivity index (χ0v) is 16.3. The van der Waals surface area contributed by atoms with E-state index in [2.05, 4.69) is 29.2 Å². The van der Waals surface area contributed by atoms with Gasteiger partial charge in [0.1, 0.15) is 5.75 Å². The van der Waals surface area contributed by atoms with Crippen molar-refractivity contribution in [1.82, 2.24) is 0 Å². The van der Waals surface area contributed by atoms with Crippen LogP contribution in [0.25, 0.3) is 0 Å². The van der Waals surface area contributed by atoms with E-state index in [0.717, 1.165) is 24.3 Å². The summed E-state index contributed by atoms with van der Waals surface area (Å²) in [7, 11) is 0. The molecule has 0 unspecified atom stereocenters. The molecule has 140 valence electrons. The lowest BCUT2D eigenvalue weighted by molar-refractivity contribution is -0.120. The van der Waals surface area contributed by atoms with E-state index < -0.39 is 0 Å². The zero-order valence-electron chi connectivity index (χ0n) is 14.8. The highest BCUT2D eigenvalue weighted by Crippen LogP contribution is 2.28. The van der Waals surface area contributed by atoms with Gasteiger partial charge in [-0.3, -0.25) is 4.79 Å². The molecule has 0 radical (unpaired) electrons. The molecule has 0 bridgehead atoms. The van der Waals surface area contributed by atoms with Crippen LogP contribution in [0.1, 0.15) is 16.7 Å². The van der Waals surface area contributed by atoms with Crippen molar-refractivity contribution in [2.75, 3.05) is 4.90 Å². The van der Waals surface area contributed by atoms with E-state index >= 15 is 0 Å². The Hall–Kier alpha value is -2.49.